The van der Waals surface area contributed by atoms with Crippen molar-refractivity contribution in [1.29, 1.82) is 0 Å². The molecule has 0 fully saturated rings. The summed E-state index contributed by atoms with van der Waals surface area (Å²) in [5.41, 5.74) is 0.654. The van der Waals surface area contributed by atoms with Gasteiger partial charge < -0.3 is 5.32 Å². The first-order valence-electron chi connectivity index (χ1n) is 7.54. The van der Waals surface area contributed by atoms with Crippen molar-refractivity contribution in [1.82, 2.24) is 9.97 Å². The summed E-state index contributed by atoms with van der Waals surface area (Å²) in [6.07, 6.45) is 0. The highest BCUT2D eigenvalue weighted by molar-refractivity contribution is 8.00. The van der Waals surface area contributed by atoms with Gasteiger partial charge in [0.2, 0.25) is 5.91 Å². The van der Waals surface area contributed by atoms with Crippen LogP contribution in [0.15, 0.2) is 47.5 Å². The molecule has 0 saturated carbocycles. The van der Waals surface area contributed by atoms with Crippen molar-refractivity contribution in [2.45, 2.75) is 11.9 Å². The van der Waals surface area contributed by atoms with Gasteiger partial charge in [0, 0.05) is 16.5 Å². The van der Waals surface area contributed by atoms with Gasteiger partial charge in [-0.2, -0.15) is 0 Å². The van der Waals surface area contributed by atoms with Gasteiger partial charge in [-0.3, -0.25) is 14.9 Å². The molecule has 1 heterocycles. The maximum atomic E-state index is 12.3. The summed E-state index contributed by atoms with van der Waals surface area (Å²) < 4.78 is 0. The van der Waals surface area contributed by atoms with E-state index in [1.807, 2.05) is 24.3 Å². The zero-order valence-corrected chi connectivity index (χ0v) is 15.2. The fourth-order valence-electron chi connectivity index (χ4n) is 2.36. The molecule has 3 rings (SSSR count). The number of fused-ring (bicyclic) bond motifs is 1. The summed E-state index contributed by atoms with van der Waals surface area (Å²) in [6, 6.07) is 11.5. The minimum atomic E-state index is -0.569. The molecule has 0 bridgehead atoms. The van der Waals surface area contributed by atoms with E-state index in [1.54, 1.807) is 6.92 Å². The molecule has 1 N–H and O–H groups in total. The minimum absolute atomic E-state index is 0.0457. The maximum absolute atomic E-state index is 12.3. The second-order valence-corrected chi connectivity index (χ2v) is 6.75. The molecule has 0 atom stereocenters. The monoisotopic (exact) mass is 388 g/mol. The number of hydrogen-bond acceptors (Lipinski definition) is 6. The number of nitro benzene ring substituents is 1. The number of nitro groups is 1. The first kappa shape index (κ1) is 18.1. The number of carbonyl (C=O) groups is 1. The molecule has 7 nitrogen and oxygen atoms in total. The zero-order chi connectivity index (χ0) is 18.7. The Morgan fingerprint density at radius 2 is 2.04 bits per heavy atom. The quantitative estimate of drug-likeness (QED) is 0.304. The van der Waals surface area contributed by atoms with Gasteiger partial charge >= 0.3 is 0 Å². The Morgan fingerprint density at radius 3 is 2.81 bits per heavy atom. The highest BCUT2D eigenvalue weighted by Crippen LogP contribution is 2.29. The molecule has 0 unspecified atom stereocenters. The minimum Gasteiger partial charge on any atom is -0.320 e. The van der Waals surface area contributed by atoms with E-state index in [1.165, 1.54) is 30.0 Å². The van der Waals surface area contributed by atoms with Crippen LogP contribution in [0.1, 0.15) is 5.82 Å². The lowest BCUT2D eigenvalue weighted by molar-refractivity contribution is -0.383. The van der Waals surface area contributed by atoms with Crippen molar-refractivity contribution >= 4 is 51.5 Å². The molecule has 1 amide bonds. The van der Waals surface area contributed by atoms with E-state index in [0.29, 0.717) is 15.9 Å². The fourth-order valence-corrected chi connectivity index (χ4v) is 3.39. The van der Waals surface area contributed by atoms with Crippen LogP contribution in [0.2, 0.25) is 5.02 Å². The Balaban J connectivity index is 1.77. The number of aryl methyl sites for hydroxylation is 1. The van der Waals surface area contributed by atoms with Crippen LogP contribution in [-0.4, -0.2) is 26.6 Å². The fraction of sp³-hybridized carbons (Fsp3) is 0.118. The second kappa shape index (κ2) is 7.67. The molecule has 1 aromatic heterocycles. The Bertz CT molecular complexity index is 1010. The topological polar surface area (TPSA) is 98.0 Å². The smallest absolute Gasteiger partial charge is 0.292 e. The van der Waals surface area contributed by atoms with E-state index < -0.39 is 4.92 Å². The third-order valence-electron chi connectivity index (χ3n) is 3.45. The van der Waals surface area contributed by atoms with E-state index in [-0.39, 0.29) is 23.0 Å². The molecule has 0 spiro atoms. The van der Waals surface area contributed by atoms with E-state index in [4.69, 9.17) is 11.6 Å². The highest BCUT2D eigenvalue weighted by atomic mass is 35.5. The van der Waals surface area contributed by atoms with Crippen LogP contribution in [0, 0.1) is 17.0 Å². The normalized spacial score (nSPS) is 10.7. The number of hydrogen-bond donors (Lipinski definition) is 1. The molecule has 132 valence electrons. The predicted octanol–water partition coefficient (Wildman–Crippen LogP) is 4.23. The van der Waals surface area contributed by atoms with Gasteiger partial charge in [0.15, 0.2) is 0 Å². The standard InChI is InChI=1S/C17H13ClN4O3S/c1-10-19-13-5-3-2-4-12(13)17(20-10)26-9-16(23)21-14-8-11(18)6-7-15(14)22(24)25/h2-8H,9H2,1H3,(H,21,23). The molecule has 0 aliphatic carbocycles. The van der Waals surface area contributed by atoms with Gasteiger partial charge in [0.05, 0.1) is 16.2 Å². The van der Waals surface area contributed by atoms with Crippen molar-refractivity contribution < 1.29 is 9.72 Å². The number of rotatable bonds is 5. The van der Waals surface area contributed by atoms with Crippen molar-refractivity contribution in [3.63, 3.8) is 0 Å². The first-order chi connectivity index (χ1) is 12.4. The Hall–Kier alpha value is -2.71. The van der Waals surface area contributed by atoms with Crippen LogP contribution < -0.4 is 5.32 Å². The van der Waals surface area contributed by atoms with Crippen LogP contribution in [0.5, 0.6) is 0 Å². The second-order valence-electron chi connectivity index (χ2n) is 5.35. The van der Waals surface area contributed by atoms with Gasteiger partial charge in [0.1, 0.15) is 16.5 Å². The molecule has 9 heteroatoms. The van der Waals surface area contributed by atoms with Gasteiger partial charge in [-0.25, -0.2) is 9.97 Å². The van der Waals surface area contributed by atoms with Crippen molar-refractivity contribution in [3.8, 4) is 0 Å². The summed E-state index contributed by atoms with van der Waals surface area (Å²) in [7, 11) is 0. The largest absolute Gasteiger partial charge is 0.320 e. The van der Waals surface area contributed by atoms with E-state index in [2.05, 4.69) is 15.3 Å². The van der Waals surface area contributed by atoms with Crippen LogP contribution in [0.4, 0.5) is 11.4 Å². The summed E-state index contributed by atoms with van der Waals surface area (Å²) >= 11 is 7.11. The summed E-state index contributed by atoms with van der Waals surface area (Å²) in [6.45, 7) is 1.78. The molecule has 0 saturated heterocycles. The lowest BCUT2D eigenvalue weighted by Crippen LogP contribution is -2.15. The van der Waals surface area contributed by atoms with Crippen molar-refractivity contribution in [2.24, 2.45) is 0 Å². The Kier molecular flexibility index (Phi) is 5.34. The van der Waals surface area contributed by atoms with Gasteiger partial charge in [-0.05, 0) is 25.1 Å². The molecule has 0 aliphatic heterocycles. The summed E-state index contributed by atoms with van der Waals surface area (Å²) in [4.78, 5) is 31.5. The van der Waals surface area contributed by atoms with Crippen LogP contribution >= 0.6 is 23.4 Å². The van der Waals surface area contributed by atoms with Crippen molar-refractivity contribution in [3.05, 3.63) is 63.4 Å². The highest BCUT2D eigenvalue weighted by Gasteiger charge is 2.17. The van der Waals surface area contributed by atoms with Gasteiger partial charge in [-0.1, -0.05) is 41.6 Å². The molecular weight excluding hydrogens is 376 g/mol. The van der Waals surface area contributed by atoms with Crippen molar-refractivity contribution in [2.75, 3.05) is 11.1 Å². The Labute approximate surface area is 157 Å². The number of aromatic nitrogens is 2. The maximum Gasteiger partial charge on any atom is 0.292 e. The van der Waals surface area contributed by atoms with Gasteiger partial charge in [-0.15, -0.1) is 0 Å². The van der Waals surface area contributed by atoms with Crippen LogP contribution in [0.25, 0.3) is 10.9 Å². The van der Waals surface area contributed by atoms with Gasteiger partial charge in [0.25, 0.3) is 5.69 Å². The SMILES string of the molecule is Cc1nc(SCC(=O)Nc2cc(Cl)ccc2[N+](=O)[O-])c2ccccc2n1. The lowest BCUT2D eigenvalue weighted by Gasteiger charge is -2.08. The predicted molar refractivity (Wildman–Crippen MR) is 102 cm³/mol. The number of halogens is 1. The lowest BCUT2D eigenvalue weighted by atomic mass is 10.2. The van der Waals surface area contributed by atoms with E-state index in [9.17, 15) is 14.9 Å². The number of thioether (sulfide) groups is 1. The number of benzene rings is 2. The summed E-state index contributed by atoms with van der Waals surface area (Å²) in [5, 5.41) is 15.4. The van der Waals surface area contributed by atoms with Crippen LogP contribution in [-0.2, 0) is 4.79 Å². The molecule has 0 radical (unpaired) electrons. The third kappa shape index (κ3) is 4.09. The number of carbonyl (C=O) groups excluding carboxylic acids is 1. The van der Waals surface area contributed by atoms with E-state index in [0.717, 1.165) is 10.9 Å². The average Bonchev–Trinajstić information content (AvgIpc) is 2.59. The van der Waals surface area contributed by atoms with Crippen LogP contribution in [0.3, 0.4) is 0 Å². The molecule has 3 aromatic rings. The number of nitrogens with one attached hydrogen (secondary N) is 1. The molecular formula is C17H13ClN4O3S. The molecule has 0 aliphatic rings. The third-order valence-corrected chi connectivity index (χ3v) is 4.68. The number of nitrogens with zero attached hydrogens (tertiary/aromatic N) is 3. The number of para-hydroxylation sites is 1. The summed E-state index contributed by atoms with van der Waals surface area (Å²) in [5.74, 6) is 0.266. The first-order valence-corrected chi connectivity index (χ1v) is 8.90. The number of anilines is 1. The molecule has 2 aromatic carbocycles. The Morgan fingerprint density at radius 1 is 1.27 bits per heavy atom. The van der Waals surface area contributed by atoms with E-state index >= 15 is 0 Å². The molecule has 26 heavy (non-hydrogen) atoms. The average molecular weight is 389 g/mol. The zero-order valence-electron chi connectivity index (χ0n) is 13.6. The number of amides is 1.